The molecule has 14 heavy (non-hydrogen) atoms. The summed E-state index contributed by atoms with van der Waals surface area (Å²) in [6.07, 6.45) is -1.44. The van der Waals surface area contributed by atoms with E-state index < -0.39 is 17.9 Å². The smallest absolute Gasteiger partial charge is 0.410 e. The third kappa shape index (κ3) is 3.12. The summed E-state index contributed by atoms with van der Waals surface area (Å²) in [5.41, 5.74) is -0.521. The molecule has 82 valence electrons. The number of hydrogen-bond acceptors (Lipinski definition) is 2. The van der Waals surface area contributed by atoms with E-state index in [4.69, 9.17) is 4.74 Å². The van der Waals surface area contributed by atoms with Crippen LogP contribution in [0.4, 0.5) is 9.18 Å². The van der Waals surface area contributed by atoms with Gasteiger partial charge >= 0.3 is 6.09 Å². The largest absolute Gasteiger partial charge is 0.444 e. The van der Waals surface area contributed by atoms with Crippen LogP contribution in [0.3, 0.4) is 0 Å². The highest BCUT2D eigenvalue weighted by atomic mass is 79.9. The summed E-state index contributed by atoms with van der Waals surface area (Å²) in [6.45, 7) is 5.86. The molecule has 1 heterocycles. The van der Waals surface area contributed by atoms with E-state index >= 15 is 0 Å². The topological polar surface area (TPSA) is 29.5 Å². The standard InChI is InChI=1S/C9H15BrFNO2/c1-9(2,3)14-8(13)12-4-6(10)7(11)5-12/h6-7H,4-5H2,1-3H3/t6-,7-/m1/s1. The van der Waals surface area contributed by atoms with Crippen molar-refractivity contribution in [2.45, 2.75) is 37.4 Å². The molecule has 0 aromatic carbocycles. The van der Waals surface area contributed by atoms with Crippen LogP contribution in [-0.4, -0.2) is 40.7 Å². The Morgan fingerprint density at radius 3 is 2.43 bits per heavy atom. The molecule has 3 nitrogen and oxygen atoms in total. The molecule has 0 aromatic heterocycles. The lowest BCUT2D eigenvalue weighted by Crippen LogP contribution is -2.35. The molecule has 0 spiro atoms. The van der Waals surface area contributed by atoms with Crippen LogP contribution < -0.4 is 0 Å². The van der Waals surface area contributed by atoms with Crippen molar-refractivity contribution in [2.75, 3.05) is 13.1 Å². The van der Waals surface area contributed by atoms with Crippen molar-refractivity contribution >= 4 is 22.0 Å². The van der Waals surface area contributed by atoms with Gasteiger partial charge in [-0.25, -0.2) is 9.18 Å². The van der Waals surface area contributed by atoms with E-state index in [9.17, 15) is 9.18 Å². The number of nitrogens with zero attached hydrogens (tertiary/aromatic N) is 1. The minimum Gasteiger partial charge on any atom is -0.444 e. The molecule has 1 fully saturated rings. The van der Waals surface area contributed by atoms with Gasteiger partial charge in [-0.15, -0.1) is 0 Å². The van der Waals surface area contributed by atoms with Crippen LogP contribution >= 0.6 is 15.9 Å². The van der Waals surface area contributed by atoms with Crippen LogP contribution in [0.2, 0.25) is 0 Å². The lowest BCUT2D eigenvalue weighted by atomic mass is 10.2. The Morgan fingerprint density at radius 1 is 1.50 bits per heavy atom. The fraction of sp³-hybridized carbons (Fsp3) is 0.889. The molecule has 5 heteroatoms. The van der Waals surface area contributed by atoms with Gasteiger partial charge in [-0.2, -0.15) is 0 Å². The monoisotopic (exact) mass is 267 g/mol. The second-order valence-corrected chi connectivity index (χ2v) is 5.59. The van der Waals surface area contributed by atoms with Crippen LogP contribution in [-0.2, 0) is 4.74 Å². The van der Waals surface area contributed by atoms with Gasteiger partial charge in [0.2, 0.25) is 0 Å². The van der Waals surface area contributed by atoms with Crippen molar-refractivity contribution in [2.24, 2.45) is 0 Å². The Labute approximate surface area is 91.7 Å². The van der Waals surface area contributed by atoms with Crippen LogP contribution in [0.25, 0.3) is 0 Å². The number of halogens is 2. The van der Waals surface area contributed by atoms with Gasteiger partial charge in [-0.3, -0.25) is 0 Å². The first-order valence-electron chi connectivity index (χ1n) is 4.55. The highest BCUT2D eigenvalue weighted by Crippen LogP contribution is 2.22. The van der Waals surface area contributed by atoms with E-state index in [-0.39, 0.29) is 11.4 Å². The quantitative estimate of drug-likeness (QED) is 0.631. The molecule has 0 aromatic rings. The van der Waals surface area contributed by atoms with E-state index in [0.29, 0.717) is 6.54 Å². The Hall–Kier alpha value is -0.320. The van der Waals surface area contributed by atoms with Gasteiger partial charge in [0.05, 0.1) is 11.4 Å². The van der Waals surface area contributed by atoms with E-state index in [1.165, 1.54) is 4.90 Å². The number of likely N-dealkylation sites (tertiary alicyclic amines) is 1. The van der Waals surface area contributed by atoms with Gasteiger partial charge in [0.1, 0.15) is 11.8 Å². The fourth-order valence-corrected chi connectivity index (χ4v) is 1.72. The number of carbonyl (C=O) groups excluding carboxylic acids is 1. The average Bonchev–Trinajstić information content (AvgIpc) is 2.28. The fourth-order valence-electron chi connectivity index (χ4n) is 1.20. The Balaban J connectivity index is 2.48. The number of ether oxygens (including phenoxy) is 1. The maximum absolute atomic E-state index is 13.1. The molecular weight excluding hydrogens is 253 g/mol. The molecule has 1 aliphatic heterocycles. The van der Waals surface area contributed by atoms with Crippen LogP contribution in [0, 0.1) is 0 Å². The van der Waals surface area contributed by atoms with Crippen LogP contribution in [0.1, 0.15) is 20.8 Å². The maximum atomic E-state index is 13.1. The minimum atomic E-state index is -0.998. The molecule has 0 bridgehead atoms. The second kappa shape index (κ2) is 4.04. The van der Waals surface area contributed by atoms with Crippen molar-refractivity contribution in [3.63, 3.8) is 0 Å². The SMILES string of the molecule is CC(C)(C)OC(=O)N1C[C@@H](F)[C@H](Br)C1. The average molecular weight is 268 g/mol. The van der Waals surface area contributed by atoms with Crippen LogP contribution in [0.5, 0.6) is 0 Å². The van der Waals surface area contributed by atoms with E-state index in [1.807, 2.05) is 0 Å². The zero-order chi connectivity index (χ0) is 10.9. The van der Waals surface area contributed by atoms with E-state index in [1.54, 1.807) is 20.8 Å². The molecular formula is C9H15BrFNO2. The molecule has 0 N–H and O–H groups in total. The maximum Gasteiger partial charge on any atom is 0.410 e. The molecule has 1 saturated heterocycles. The lowest BCUT2D eigenvalue weighted by Gasteiger charge is -2.24. The van der Waals surface area contributed by atoms with Crippen LogP contribution in [0.15, 0.2) is 0 Å². The molecule has 1 aliphatic rings. The van der Waals surface area contributed by atoms with Crippen molar-refractivity contribution in [1.29, 1.82) is 0 Å². The lowest BCUT2D eigenvalue weighted by molar-refractivity contribution is 0.0284. The normalized spacial score (nSPS) is 27.9. The van der Waals surface area contributed by atoms with Gasteiger partial charge in [-0.1, -0.05) is 15.9 Å². The first kappa shape index (κ1) is 11.8. The van der Waals surface area contributed by atoms with E-state index in [2.05, 4.69) is 15.9 Å². The molecule has 1 amide bonds. The Morgan fingerprint density at radius 2 is 2.07 bits per heavy atom. The molecule has 0 saturated carbocycles. The molecule has 0 aliphatic carbocycles. The third-order valence-corrected chi connectivity index (χ3v) is 2.70. The highest BCUT2D eigenvalue weighted by Gasteiger charge is 2.35. The summed E-state index contributed by atoms with van der Waals surface area (Å²) < 4.78 is 18.2. The second-order valence-electron chi connectivity index (χ2n) is 4.42. The number of carbonyl (C=O) groups is 1. The first-order valence-corrected chi connectivity index (χ1v) is 5.47. The van der Waals surface area contributed by atoms with Gasteiger partial charge < -0.3 is 9.64 Å². The summed E-state index contributed by atoms with van der Waals surface area (Å²) in [6, 6.07) is 0. The van der Waals surface area contributed by atoms with Crippen molar-refractivity contribution in [3.8, 4) is 0 Å². The first-order chi connectivity index (χ1) is 6.29. The third-order valence-electron chi connectivity index (χ3n) is 1.83. The molecule has 1 rings (SSSR count). The summed E-state index contributed by atoms with van der Waals surface area (Å²) in [5.74, 6) is 0. The molecule has 2 atom stereocenters. The van der Waals surface area contributed by atoms with Gasteiger partial charge in [0.25, 0.3) is 0 Å². The number of alkyl halides is 2. The highest BCUT2D eigenvalue weighted by molar-refractivity contribution is 9.09. The zero-order valence-electron chi connectivity index (χ0n) is 8.59. The molecule has 0 radical (unpaired) electrons. The van der Waals surface area contributed by atoms with Gasteiger partial charge in [-0.05, 0) is 20.8 Å². The van der Waals surface area contributed by atoms with Crippen molar-refractivity contribution in [1.82, 2.24) is 4.90 Å². The van der Waals surface area contributed by atoms with Gasteiger partial charge in [0.15, 0.2) is 0 Å². The summed E-state index contributed by atoms with van der Waals surface area (Å²) in [4.78, 5) is 12.6. The predicted octanol–water partition coefficient (Wildman–Crippen LogP) is 2.34. The Bertz CT molecular complexity index is 219. The van der Waals surface area contributed by atoms with Gasteiger partial charge in [0, 0.05) is 6.54 Å². The number of amides is 1. The zero-order valence-corrected chi connectivity index (χ0v) is 10.2. The summed E-state index contributed by atoms with van der Waals surface area (Å²) in [7, 11) is 0. The van der Waals surface area contributed by atoms with Crippen molar-refractivity contribution in [3.05, 3.63) is 0 Å². The molecule has 0 unspecified atom stereocenters. The summed E-state index contributed by atoms with van der Waals surface area (Å²) >= 11 is 3.17. The predicted molar refractivity (Wildman–Crippen MR) is 55.4 cm³/mol. The summed E-state index contributed by atoms with van der Waals surface area (Å²) in [5, 5.41) is 0. The number of hydrogen-bond donors (Lipinski definition) is 0. The van der Waals surface area contributed by atoms with Crippen molar-refractivity contribution < 1.29 is 13.9 Å². The van der Waals surface area contributed by atoms with E-state index in [0.717, 1.165) is 0 Å². The Kier molecular flexibility index (Phi) is 3.40. The number of rotatable bonds is 0. The minimum absolute atomic E-state index is 0.116.